The molecule has 0 aliphatic rings. The van der Waals surface area contributed by atoms with E-state index in [4.69, 9.17) is 5.73 Å². The highest BCUT2D eigenvalue weighted by molar-refractivity contribution is 5.75. The van der Waals surface area contributed by atoms with Gasteiger partial charge in [0.15, 0.2) is 0 Å². The van der Waals surface area contributed by atoms with Gasteiger partial charge in [-0.15, -0.1) is 0 Å². The van der Waals surface area contributed by atoms with Crippen LogP contribution in [0.15, 0.2) is 0 Å². The molecule has 0 rings (SSSR count). The maximum Gasteiger partial charge on any atom is 0.223 e. The number of hydrogen-bond donors (Lipinski definition) is 1. The van der Waals surface area contributed by atoms with Gasteiger partial charge >= 0.3 is 0 Å². The topological polar surface area (TPSA) is 49.6 Å². The van der Waals surface area contributed by atoms with Crippen LogP contribution in [0, 0.1) is 0 Å². The third-order valence-electron chi connectivity index (χ3n) is 3.95. The van der Waals surface area contributed by atoms with Crippen LogP contribution in [0.2, 0.25) is 0 Å². The Morgan fingerprint density at radius 2 is 1.67 bits per heavy atom. The number of amides is 1. The summed E-state index contributed by atoms with van der Waals surface area (Å²) >= 11 is 0. The lowest BCUT2D eigenvalue weighted by Crippen LogP contribution is -2.54. The zero-order valence-corrected chi connectivity index (χ0v) is 12.8. The van der Waals surface area contributed by atoms with Crippen molar-refractivity contribution in [2.24, 2.45) is 5.73 Å². The maximum absolute atomic E-state index is 11.7. The highest BCUT2D eigenvalue weighted by Crippen LogP contribution is 2.23. The van der Waals surface area contributed by atoms with Gasteiger partial charge in [0.25, 0.3) is 0 Å². The first-order valence-electron chi connectivity index (χ1n) is 7.12. The van der Waals surface area contributed by atoms with Crippen LogP contribution in [-0.4, -0.2) is 55.0 Å². The van der Waals surface area contributed by atoms with Crippen molar-refractivity contribution in [2.45, 2.75) is 52.0 Å². The molecule has 0 aromatic rings. The van der Waals surface area contributed by atoms with E-state index in [1.165, 1.54) is 0 Å². The van der Waals surface area contributed by atoms with Crippen molar-refractivity contribution in [3.8, 4) is 0 Å². The zero-order valence-electron chi connectivity index (χ0n) is 12.8. The summed E-state index contributed by atoms with van der Waals surface area (Å²) in [6.45, 7) is 9.03. The Morgan fingerprint density at radius 3 is 2.00 bits per heavy atom. The summed E-state index contributed by atoms with van der Waals surface area (Å²) in [6.07, 6.45) is 3.75. The Bertz CT molecular complexity index is 229. The molecular formula is C14H31N3O. The summed E-state index contributed by atoms with van der Waals surface area (Å²) in [6, 6.07) is 0. The lowest BCUT2D eigenvalue weighted by atomic mass is 9.90. The van der Waals surface area contributed by atoms with Gasteiger partial charge in [-0.2, -0.15) is 0 Å². The number of hydrogen-bond acceptors (Lipinski definition) is 3. The summed E-state index contributed by atoms with van der Waals surface area (Å²) in [5, 5.41) is 0. The fourth-order valence-corrected chi connectivity index (χ4v) is 2.43. The molecule has 0 atom stereocenters. The van der Waals surface area contributed by atoms with Crippen molar-refractivity contribution in [3.63, 3.8) is 0 Å². The Hall–Kier alpha value is -0.610. The summed E-state index contributed by atoms with van der Waals surface area (Å²) in [5.41, 5.74) is 6.05. The van der Waals surface area contributed by atoms with Crippen molar-refractivity contribution in [1.29, 1.82) is 0 Å². The Balaban J connectivity index is 4.67. The molecule has 2 N–H and O–H groups in total. The fraction of sp³-hybridized carbons (Fsp3) is 0.929. The van der Waals surface area contributed by atoms with E-state index in [2.05, 4.69) is 25.7 Å². The Kier molecular flexibility index (Phi) is 8.20. The SMILES string of the molecule is CCCN(CCC(=O)N(C)C)C(CC)(CC)CN. The van der Waals surface area contributed by atoms with Crippen LogP contribution in [0.3, 0.4) is 0 Å². The molecule has 18 heavy (non-hydrogen) atoms. The van der Waals surface area contributed by atoms with Gasteiger partial charge in [-0.25, -0.2) is 0 Å². The van der Waals surface area contributed by atoms with Gasteiger partial charge in [0.1, 0.15) is 0 Å². The molecule has 0 bridgehead atoms. The smallest absolute Gasteiger partial charge is 0.223 e. The molecule has 0 aliphatic heterocycles. The third kappa shape index (κ3) is 4.58. The molecule has 0 fully saturated rings. The second kappa shape index (κ2) is 8.48. The summed E-state index contributed by atoms with van der Waals surface area (Å²) in [5.74, 6) is 0.189. The number of nitrogens with two attached hydrogens (primary N) is 1. The first kappa shape index (κ1) is 17.4. The van der Waals surface area contributed by atoms with Crippen molar-refractivity contribution in [2.75, 3.05) is 33.7 Å². The average Bonchev–Trinajstić information content (AvgIpc) is 2.37. The molecule has 0 aromatic heterocycles. The van der Waals surface area contributed by atoms with Gasteiger partial charge in [0.05, 0.1) is 0 Å². The minimum atomic E-state index is 0.0581. The van der Waals surface area contributed by atoms with Gasteiger partial charge in [-0.3, -0.25) is 9.69 Å². The first-order valence-corrected chi connectivity index (χ1v) is 7.12. The van der Waals surface area contributed by atoms with Crippen molar-refractivity contribution in [3.05, 3.63) is 0 Å². The van der Waals surface area contributed by atoms with E-state index in [1.54, 1.807) is 4.90 Å². The lowest BCUT2D eigenvalue weighted by molar-refractivity contribution is -0.129. The van der Waals surface area contributed by atoms with Crippen LogP contribution in [0.1, 0.15) is 46.5 Å². The Morgan fingerprint density at radius 1 is 1.11 bits per heavy atom. The van der Waals surface area contributed by atoms with Crippen molar-refractivity contribution >= 4 is 5.91 Å². The van der Waals surface area contributed by atoms with Crippen LogP contribution >= 0.6 is 0 Å². The van der Waals surface area contributed by atoms with Crippen molar-refractivity contribution < 1.29 is 4.79 Å². The minimum Gasteiger partial charge on any atom is -0.349 e. The Labute approximate surface area is 113 Å². The molecule has 108 valence electrons. The van der Waals surface area contributed by atoms with Gasteiger partial charge in [-0.05, 0) is 25.8 Å². The molecule has 0 aromatic carbocycles. The molecule has 0 saturated heterocycles. The monoisotopic (exact) mass is 257 g/mol. The highest BCUT2D eigenvalue weighted by Gasteiger charge is 2.31. The van der Waals surface area contributed by atoms with E-state index in [9.17, 15) is 4.79 Å². The predicted molar refractivity (Wildman–Crippen MR) is 77.5 cm³/mol. The second-order valence-electron chi connectivity index (χ2n) is 5.16. The van der Waals surface area contributed by atoms with E-state index < -0.39 is 0 Å². The maximum atomic E-state index is 11.7. The van der Waals surface area contributed by atoms with Crippen LogP contribution in [0.4, 0.5) is 0 Å². The van der Waals surface area contributed by atoms with Gasteiger partial charge in [-0.1, -0.05) is 20.8 Å². The van der Waals surface area contributed by atoms with E-state index in [1.807, 2.05) is 14.1 Å². The highest BCUT2D eigenvalue weighted by atomic mass is 16.2. The van der Waals surface area contributed by atoms with E-state index in [-0.39, 0.29) is 11.4 Å². The van der Waals surface area contributed by atoms with Crippen LogP contribution in [-0.2, 0) is 4.79 Å². The van der Waals surface area contributed by atoms with Gasteiger partial charge < -0.3 is 10.6 Å². The quantitative estimate of drug-likeness (QED) is 0.684. The first-order chi connectivity index (χ1) is 8.47. The van der Waals surface area contributed by atoms with E-state index in [0.717, 1.165) is 32.4 Å². The lowest BCUT2D eigenvalue weighted by Gasteiger charge is -2.42. The largest absolute Gasteiger partial charge is 0.349 e. The van der Waals surface area contributed by atoms with Crippen LogP contribution in [0.25, 0.3) is 0 Å². The molecule has 0 spiro atoms. The molecule has 4 heteroatoms. The molecular weight excluding hydrogens is 226 g/mol. The number of nitrogens with zero attached hydrogens (tertiary/aromatic N) is 2. The standard InChI is InChI=1S/C14H31N3O/c1-6-10-17(11-9-13(18)16(4)5)14(7-2,8-3)12-15/h6-12,15H2,1-5H3. The molecule has 0 saturated carbocycles. The number of rotatable bonds is 9. The number of carbonyl (C=O) groups excluding carboxylic acids is 1. The molecule has 0 heterocycles. The zero-order chi connectivity index (χ0) is 14.2. The second-order valence-corrected chi connectivity index (χ2v) is 5.16. The summed E-state index contributed by atoms with van der Waals surface area (Å²) in [7, 11) is 3.62. The molecule has 0 aliphatic carbocycles. The predicted octanol–water partition coefficient (Wildman–Crippen LogP) is 1.69. The minimum absolute atomic E-state index is 0.0581. The molecule has 1 amide bonds. The van der Waals surface area contributed by atoms with E-state index in [0.29, 0.717) is 13.0 Å². The van der Waals surface area contributed by atoms with Crippen LogP contribution in [0.5, 0.6) is 0 Å². The fourth-order valence-electron chi connectivity index (χ4n) is 2.43. The van der Waals surface area contributed by atoms with Gasteiger partial charge in [0.2, 0.25) is 5.91 Å². The summed E-state index contributed by atoms with van der Waals surface area (Å²) in [4.78, 5) is 15.8. The number of carbonyl (C=O) groups is 1. The van der Waals surface area contributed by atoms with E-state index >= 15 is 0 Å². The van der Waals surface area contributed by atoms with Crippen molar-refractivity contribution in [1.82, 2.24) is 9.80 Å². The normalized spacial score (nSPS) is 11.9. The third-order valence-corrected chi connectivity index (χ3v) is 3.95. The van der Waals surface area contributed by atoms with Gasteiger partial charge in [0, 0.05) is 39.1 Å². The summed E-state index contributed by atoms with van der Waals surface area (Å²) < 4.78 is 0. The molecule has 4 nitrogen and oxygen atoms in total. The molecule has 0 unspecified atom stereocenters. The average molecular weight is 257 g/mol. The molecule has 0 radical (unpaired) electrons. The van der Waals surface area contributed by atoms with Crippen LogP contribution < -0.4 is 5.73 Å².